The molecule has 37 heavy (non-hydrogen) atoms. The van der Waals surface area contributed by atoms with Crippen LogP contribution in [0.4, 0.5) is 18.9 Å². The van der Waals surface area contributed by atoms with Crippen molar-refractivity contribution in [3.63, 3.8) is 0 Å². The molecule has 0 aromatic heterocycles. The first kappa shape index (κ1) is 26.5. The summed E-state index contributed by atoms with van der Waals surface area (Å²) in [7, 11) is 1.53. The molecule has 10 heteroatoms. The Morgan fingerprint density at radius 2 is 1.84 bits per heavy atom. The molecule has 0 radical (unpaired) electrons. The van der Waals surface area contributed by atoms with Crippen LogP contribution in [0.5, 0.6) is 11.5 Å². The van der Waals surface area contributed by atoms with E-state index in [1.54, 1.807) is 18.2 Å². The van der Waals surface area contributed by atoms with Gasteiger partial charge >= 0.3 is 6.18 Å². The van der Waals surface area contributed by atoms with Crippen LogP contribution in [0.1, 0.15) is 40.6 Å². The smallest absolute Gasteiger partial charge is 0.416 e. The van der Waals surface area contributed by atoms with Gasteiger partial charge in [-0.3, -0.25) is 0 Å². The van der Waals surface area contributed by atoms with Crippen LogP contribution in [-0.4, -0.2) is 7.11 Å². The first-order valence-electron chi connectivity index (χ1n) is 11.4. The molecule has 1 N–H and O–H groups in total. The number of rotatable bonds is 5. The van der Waals surface area contributed by atoms with E-state index in [4.69, 9.17) is 44.3 Å². The van der Waals surface area contributed by atoms with Crippen molar-refractivity contribution in [3.8, 4) is 11.5 Å². The highest BCUT2D eigenvalue weighted by Gasteiger charge is 2.45. The largest absolute Gasteiger partial charge is 0.493 e. The standard InChI is InChI=1S/C27H20BrCl3F3NO2/c1-36-22-10-14(9-19(28)26(22)37-12-13-5-6-15(29)11-21(13)31)24-17-4-2-3-16(17)23-18(27(32,33)34)7-8-20(30)25(23)35-24/h2-3,5-11,16-17,24,35H,4,12H2,1H3/t16-,17+,24-/m0/s1. The van der Waals surface area contributed by atoms with Crippen molar-refractivity contribution in [2.75, 3.05) is 12.4 Å². The Balaban J connectivity index is 1.50. The predicted molar refractivity (Wildman–Crippen MR) is 144 cm³/mol. The number of fused-ring (bicyclic) bond motifs is 3. The lowest BCUT2D eigenvalue weighted by Gasteiger charge is -2.39. The van der Waals surface area contributed by atoms with Crippen molar-refractivity contribution in [2.24, 2.45) is 5.92 Å². The van der Waals surface area contributed by atoms with Crippen molar-refractivity contribution in [1.29, 1.82) is 0 Å². The molecule has 3 aromatic rings. The van der Waals surface area contributed by atoms with Gasteiger partial charge in [0, 0.05) is 21.5 Å². The number of benzene rings is 3. The van der Waals surface area contributed by atoms with E-state index < -0.39 is 17.7 Å². The Bertz CT molecular complexity index is 1400. The topological polar surface area (TPSA) is 30.5 Å². The molecule has 0 saturated heterocycles. The molecule has 0 amide bonds. The molecule has 194 valence electrons. The van der Waals surface area contributed by atoms with E-state index in [1.165, 1.54) is 13.2 Å². The molecular formula is C27H20BrCl3F3NO2. The minimum Gasteiger partial charge on any atom is -0.493 e. The number of hydrogen-bond acceptors (Lipinski definition) is 3. The minimum atomic E-state index is -4.48. The fourth-order valence-corrected chi connectivity index (χ4v) is 6.36. The van der Waals surface area contributed by atoms with Gasteiger partial charge in [-0.1, -0.05) is 53.0 Å². The van der Waals surface area contributed by atoms with Crippen molar-refractivity contribution in [1.82, 2.24) is 0 Å². The molecule has 3 atom stereocenters. The fraction of sp³-hybridized carbons (Fsp3) is 0.259. The lowest BCUT2D eigenvalue weighted by molar-refractivity contribution is -0.138. The number of halogens is 7. The molecule has 1 aliphatic heterocycles. The highest BCUT2D eigenvalue weighted by atomic mass is 79.9. The summed E-state index contributed by atoms with van der Waals surface area (Å²) < 4.78 is 53.9. The molecule has 1 heterocycles. The zero-order valence-corrected chi connectivity index (χ0v) is 23.2. The van der Waals surface area contributed by atoms with Crippen molar-refractivity contribution in [3.05, 3.63) is 96.4 Å². The van der Waals surface area contributed by atoms with Crippen LogP contribution < -0.4 is 14.8 Å². The van der Waals surface area contributed by atoms with Gasteiger partial charge in [0.25, 0.3) is 0 Å². The second kappa shape index (κ2) is 10.3. The summed E-state index contributed by atoms with van der Waals surface area (Å²) in [5.41, 5.74) is 1.42. The molecule has 2 aliphatic rings. The molecule has 0 spiro atoms. The number of hydrogen-bond donors (Lipinski definition) is 1. The SMILES string of the molecule is COc1cc([C@@H]2Nc3c(Cl)ccc(C(F)(F)F)c3[C@H]3C=CC[C@H]32)cc(Br)c1OCc1ccc(Cl)cc1Cl. The Morgan fingerprint density at radius 3 is 2.54 bits per heavy atom. The number of allylic oxidation sites excluding steroid dienone is 2. The molecule has 3 nitrogen and oxygen atoms in total. The van der Waals surface area contributed by atoms with Crippen LogP contribution in [0.25, 0.3) is 0 Å². The second-order valence-electron chi connectivity index (χ2n) is 8.92. The molecule has 3 aromatic carbocycles. The zero-order chi connectivity index (χ0) is 26.5. The first-order chi connectivity index (χ1) is 17.6. The normalized spacial score (nSPS) is 20.3. The lowest BCUT2D eigenvalue weighted by Crippen LogP contribution is -2.31. The average Bonchev–Trinajstić information content (AvgIpc) is 3.33. The van der Waals surface area contributed by atoms with Gasteiger partial charge in [0.1, 0.15) is 6.61 Å². The maximum absolute atomic E-state index is 13.9. The Morgan fingerprint density at radius 1 is 1.05 bits per heavy atom. The summed E-state index contributed by atoms with van der Waals surface area (Å²) >= 11 is 22.3. The molecule has 0 unspecified atom stereocenters. The van der Waals surface area contributed by atoms with Gasteiger partial charge in [-0.25, -0.2) is 0 Å². The van der Waals surface area contributed by atoms with Crippen LogP contribution in [0, 0.1) is 5.92 Å². The van der Waals surface area contributed by atoms with Crippen LogP contribution in [0.2, 0.25) is 15.1 Å². The van der Waals surface area contributed by atoms with Gasteiger partial charge in [0.2, 0.25) is 0 Å². The van der Waals surface area contributed by atoms with E-state index in [2.05, 4.69) is 21.2 Å². The van der Waals surface area contributed by atoms with E-state index in [1.807, 2.05) is 24.3 Å². The molecular weight excluding hydrogens is 614 g/mol. The fourth-order valence-electron chi connectivity index (χ4n) is 5.10. The second-order valence-corrected chi connectivity index (χ2v) is 11.0. The maximum atomic E-state index is 13.9. The van der Waals surface area contributed by atoms with Crippen molar-refractivity contribution >= 4 is 56.4 Å². The van der Waals surface area contributed by atoms with E-state index >= 15 is 0 Å². The number of alkyl halides is 3. The number of anilines is 1. The van der Waals surface area contributed by atoms with Crippen molar-refractivity contribution < 1.29 is 22.6 Å². The maximum Gasteiger partial charge on any atom is 0.416 e. The van der Waals surface area contributed by atoms with Gasteiger partial charge in [-0.15, -0.1) is 0 Å². The molecule has 0 bridgehead atoms. The molecule has 0 fully saturated rings. The summed E-state index contributed by atoms with van der Waals surface area (Å²) in [6, 6.07) is 10.9. The Kier molecular flexibility index (Phi) is 7.35. The van der Waals surface area contributed by atoms with E-state index in [0.29, 0.717) is 38.1 Å². The van der Waals surface area contributed by atoms with Gasteiger partial charge in [-0.05, 0) is 75.8 Å². The van der Waals surface area contributed by atoms with E-state index in [0.717, 1.165) is 17.2 Å². The Hall–Kier alpha value is -2.06. The summed E-state index contributed by atoms with van der Waals surface area (Å²) in [5.74, 6) is 0.388. The third-order valence-electron chi connectivity index (χ3n) is 6.77. The van der Waals surface area contributed by atoms with Crippen LogP contribution >= 0.6 is 50.7 Å². The minimum absolute atomic E-state index is 0.136. The van der Waals surface area contributed by atoms with Crippen molar-refractivity contribution in [2.45, 2.75) is 31.2 Å². The van der Waals surface area contributed by atoms with Gasteiger partial charge in [0.15, 0.2) is 11.5 Å². The van der Waals surface area contributed by atoms with Gasteiger partial charge < -0.3 is 14.8 Å². The van der Waals surface area contributed by atoms with Crippen LogP contribution in [0.3, 0.4) is 0 Å². The highest BCUT2D eigenvalue weighted by Crippen LogP contribution is 2.55. The van der Waals surface area contributed by atoms with E-state index in [9.17, 15) is 13.2 Å². The lowest BCUT2D eigenvalue weighted by atomic mass is 9.75. The predicted octanol–water partition coefficient (Wildman–Crippen LogP) is 9.84. The summed E-state index contributed by atoms with van der Waals surface area (Å²) in [6.07, 6.45) is -0.0798. The summed E-state index contributed by atoms with van der Waals surface area (Å²) in [6.45, 7) is 0.184. The number of nitrogens with one attached hydrogen (secondary N) is 1. The third kappa shape index (κ3) is 5.03. The monoisotopic (exact) mass is 631 g/mol. The van der Waals surface area contributed by atoms with Crippen LogP contribution in [-0.2, 0) is 12.8 Å². The molecule has 5 rings (SSSR count). The molecule has 0 saturated carbocycles. The van der Waals surface area contributed by atoms with E-state index in [-0.39, 0.29) is 29.2 Å². The van der Waals surface area contributed by atoms with Gasteiger partial charge in [0.05, 0.1) is 33.9 Å². The zero-order valence-electron chi connectivity index (χ0n) is 19.3. The number of ether oxygens (including phenoxy) is 2. The summed E-state index contributed by atoms with van der Waals surface area (Å²) in [5, 5.41) is 4.58. The highest BCUT2D eigenvalue weighted by molar-refractivity contribution is 9.10. The summed E-state index contributed by atoms with van der Waals surface area (Å²) in [4.78, 5) is 0. The average molecular weight is 634 g/mol. The quantitative estimate of drug-likeness (QED) is 0.284. The first-order valence-corrected chi connectivity index (χ1v) is 13.3. The van der Waals surface area contributed by atoms with Gasteiger partial charge in [-0.2, -0.15) is 13.2 Å². The number of methoxy groups -OCH3 is 1. The third-order valence-corrected chi connectivity index (χ3v) is 8.26. The Labute approximate surface area is 235 Å². The molecule has 1 aliphatic carbocycles. The van der Waals surface area contributed by atoms with Crippen LogP contribution in [0.15, 0.2) is 59.1 Å².